The number of hydrogen-bond donors (Lipinski definition) is 1. The molecule has 0 fully saturated rings. The normalized spacial score (nSPS) is 12.3. The maximum absolute atomic E-state index is 13.1. The van der Waals surface area contributed by atoms with Crippen molar-refractivity contribution in [1.29, 1.82) is 0 Å². The first-order chi connectivity index (χ1) is 12.9. The first-order valence-electron chi connectivity index (χ1n) is 8.79. The van der Waals surface area contributed by atoms with Crippen LogP contribution in [0, 0.1) is 0 Å². The zero-order valence-corrected chi connectivity index (χ0v) is 15.5. The number of fused-ring (bicyclic) bond motifs is 1. The van der Waals surface area contributed by atoms with Crippen molar-refractivity contribution in [2.24, 2.45) is 0 Å². The van der Waals surface area contributed by atoms with Gasteiger partial charge >= 0.3 is 5.97 Å². The van der Waals surface area contributed by atoms with Gasteiger partial charge in [-0.15, -0.1) is 0 Å². The van der Waals surface area contributed by atoms with Crippen LogP contribution >= 0.6 is 0 Å². The Morgan fingerprint density at radius 3 is 2.48 bits per heavy atom. The Bertz CT molecular complexity index is 966. The van der Waals surface area contributed by atoms with E-state index in [0.717, 1.165) is 10.9 Å². The molecule has 0 aliphatic carbocycles. The molecule has 3 rings (SSSR count). The molecular weight excluding hydrogens is 344 g/mol. The monoisotopic (exact) mass is 366 g/mol. The van der Waals surface area contributed by atoms with Crippen molar-refractivity contribution < 1.29 is 14.7 Å². The standard InChI is InChI=1S/C20H22N4O3/c1-13(2)24-18-16(11-22-24)9-17(10-21-18)19(25)23(14(3)20(26)27)12-15-7-5-4-6-8-15/h4-11,13-14H,12H2,1-3H3,(H,26,27). The van der Waals surface area contributed by atoms with Crippen LogP contribution in [0.25, 0.3) is 11.0 Å². The van der Waals surface area contributed by atoms with Crippen LogP contribution in [-0.4, -0.2) is 42.7 Å². The molecule has 7 nitrogen and oxygen atoms in total. The summed E-state index contributed by atoms with van der Waals surface area (Å²) in [7, 11) is 0. The van der Waals surface area contributed by atoms with Crippen LogP contribution in [0.4, 0.5) is 0 Å². The van der Waals surface area contributed by atoms with Gasteiger partial charge < -0.3 is 10.0 Å². The number of pyridine rings is 1. The Balaban J connectivity index is 1.95. The second-order valence-electron chi connectivity index (χ2n) is 6.75. The van der Waals surface area contributed by atoms with Crippen molar-refractivity contribution in [2.75, 3.05) is 0 Å². The second-order valence-corrected chi connectivity index (χ2v) is 6.75. The molecule has 2 heterocycles. The molecule has 1 aromatic carbocycles. The van der Waals surface area contributed by atoms with E-state index in [1.54, 1.807) is 16.9 Å². The van der Waals surface area contributed by atoms with Gasteiger partial charge in [-0.05, 0) is 32.4 Å². The van der Waals surface area contributed by atoms with Gasteiger partial charge in [0.1, 0.15) is 6.04 Å². The largest absolute Gasteiger partial charge is 0.480 e. The number of benzene rings is 1. The number of carboxylic acids is 1. The fraction of sp³-hybridized carbons (Fsp3) is 0.300. The van der Waals surface area contributed by atoms with Gasteiger partial charge in [0.25, 0.3) is 5.91 Å². The van der Waals surface area contributed by atoms with E-state index in [-0.39, 0.29) is 18.5 Å². The molecule has 140 valence electrons. The Morgan fingerprint density at radius 1 is 1.15 bits per heavy atom. The highest BCUT2D eigenvalue weighted by molar-refractivity contribution is 5.98. The maximum Gasteiger partial charge on any atom is 0.326 e. The van der Waals surface area contributed by atoms with Crippen LogP contribution < -0.4 is 0 Å². The van der Waals surface area contributed by atoms with Crippen molar-refractivity contribution in [2.45, 2.75) is 39.4 Å². The highest BCUT2D eigenvalue weighted by Crippen LogP contribution is 2.19. The summed E-state index contributed by atoms with van der Waals surface area (Å²) in [5.41, 5.74) is 1.90. The fourth-order valence-corrected chi connectivity index (χ4v) is 2.90. The molecule has 3 aromatic rings. The smallest absolute Gasteiger partial charge is 0.326 e. The minimum Gasteiger partial charge on any atom is -0.480 e. The summed E-state index contributed by atoms with van der Waals surface area (Å²) in [6, 6.07) is 10.2. The van der Waals surface area contributed by atoms with Crippen molar-refractivity contribution >= 4 is 22.9 Å². The molecule has 27 heavy (non-hydrogen) atoms. The van der Waals surface area contributed by atoms with Crippen LogP contribution in [0.5, 0.6) is 0 Å². The molecule has 0 aliphatic heterocycles. The highest BCUT2D eigenvalue weighted by atomic mass is 16.4. The van der Waals surface area contributed by atoms with Gasteiger partial charge in [-0.1, -0.05) is 30.3 Å². The highest BCUT2D eigenvalue weighted by Gasteiger charge is 2.27. The quantitative estimate of drug-likeness (QED) is 0.724. The third kappa shape index (κ3) is 3.81. The Labute approximate surface area is 157 Å². The number of carbonyl (C=O) groups excluding carboxylic acids is 1. The summed E-state index contributed by atoms with van der Waals surface area (Å²) in [4.78, 5) is 30.3. The summed E-state index contributed by atoms with van der Waals surface area (Å²) in [6.07, 6.45) is 3.15. The van der Waals surface area contributed by atoms with Gasteiger partial charge in [-0.3, -0.25) is 4.79 Å². The van der Waals surface area contributed by atoms with E-state index < -0.39 is 12.0 Å². The zero-order chi connectivity index (χ0) is 19.6. The van der Waals surface area contributed by atoms with E-state index in [2.05, 4.69) is 10.1 Å². The molecule has 0 radical (unpaired) electrons. The van der Waals surface area contributed by atoms with Gasteiger partial charge in [-0.2, -0.15) is 5.10 Å². The summed E-state index contributed by atoms with van der Waals surface area (Å²) < 4.78 is 1.78. The van der Waals surface area contributed by atoms with Crippen LogP contribution in [0.3, 0.4) is 0 Å². The number of amides is 1. The minimum absolute atomic E-state index is 0.151. The number of hydrogen-bond acceptors (Lipinski definition) is 4. The summed E-state index contributed by atoms with van der Waals surface area (Å²) in [5.74, 6) is -1.43. The summed E-state index contributed by atoms with van der Waals surface area (Å²) >= 11 is 0. The topological polar surface area (TPSA) is 88.3 Å². The Hall–Kier alpha value is -3.22. The van der Waals surface area contributed by atoms with E-state index in [1.165, 1.54) is 18.0 Å². The SMILES string of the molecule is CC(C(=O)O)N(Cc1ccccc1)C(=O)c1cnc2c(cnn2C(C)C)c1. The molecule has 0 saturated heterocycles. The number of carbonyl (C=O) groups is 2. The van der Waals surface area contributed by atoms with Crippen LogP contribution in [0.15, 0.2) is 48.8 Å². The van der Waals surface area contributed by atoms with Crippen LogP contribution in [0.2, 0.25) is 0 Å². The van der Waals surface area contributed by atoms with Crippen LogP contribution in [-0.2, 0) is 11.3 Å². The van der Waals surface area contributed by atoms with Crippen molar-refractivity contribution in [3.05, 3.63) is 59.9 Å². The van der Waals surface area contributed by atoms with Gasteiger partial charge in [-0.25, -0.2) is 14.5 Å². The molecule has 1 unspecified atom stereocenters. The number of aliphatic carboxylic acids is 1. The predicted octanol–water partition coefficient (Wildman–Crippen LogP) is 3.13. The van der Waals surface area contributed by atoms with Crippen molar-refractivity contribution in [1.82, 2.24) is 19.7 Å². The molecule has 7 heteroatoms. The fourth-order valence-electron chi connectivity index (χ4n) is 2.90. The first kappa shape index (κ1) is 18.6. The summed E-state index contributed by atoms with van der Waals surface area (Å²) in [5, 5.41) is 14.5. The second kappa shape index (κ2) is 7.57. The number of aromatic nitrogens is 3. The average molecular weight is 366 g/mol. The van der Waals surface area contributed by atoms with E-state index in [0.29, 0.717) is 11.2 Å². The van der Waals surface area contributed by atoms with Gasteiger partial charge in [0.05, 0.1) is 11.8 Å². The van der Waals surface area contributed by atoms with E-state index in [1.807, 2.05) is 44.2 Å². The third-order valence-corrected chi connectivity index (χ3v) is 4.45. The summed E-state index contributed by atoms with van der Waals surface area (Å²) in [6.45, 7) is 5.72. The number of rotatable bonds is 6. The molecule has 0 saturated carbocycles. The van der Waals surface area contributed by atoms with Gasteiger partial charge in [0.2, 0.25) is 0 Å². The minimum atomic E-state index is -1.05. The van der Waals surface area contributed by atoms with Crippen molar-refractivity contribution in [3.63, 3.8) is 0 Å². The van der Waals surface area contributed by atoms with Gasteiger partial charge in [0.15, 0.2) is 5.65 Å². The molecular formula is C20H22N4O3. The molecule has 2 aromatic heterocycles. The molecule has 1 atom stereocenters. The average Bonchev–Trinajstić information content (AvgIpc) is 3.09. The molecule has 1 N–H and O–H groups in total. The van der Waals surface area contributed by atoms with E-state index in [9.17, 15) is 14.7 Å². The third-order valence-electron chi connectivity index (χ3n) is 4.45. The van der Waals surface area contributed by atoms with Crippen LogP contribution in [0.1, 0.15) is 42.7 Å². The predicted molar refractivity (Wildman–Crippen MR) is 101 cm³/mol. The maximum atomic E-state index is 13.1. The van der Waals surface area contributed by atoms with E-state index >= 15 is 0 Å². The Morgan fingerprint density at radius 2 is 1.85 bits per heavy atom. The lowest BCUT2D eigenvalue weighted by atomic mass is 10.1. The molecule has 0 spiro atoms. The van der Waals surface area contributed by atoms with Crippen molar-refractivity contribution in [3.8, 4) is 0 Å². The lowest BCUT2D eigenvalue weighted by molar-refractivity contribution is -0.141. The number of carboxylic acid groups (broad SMARTS) is 1. The molecule has 0 bridgehead atoms. The van der Waals surface area contributed by atoms with E-state index in [4.69, 9.17) is 0 Å². The van der Waals surface area contributed by atoms with Gasteiger partial charge in [0, 0.05) is 24.2 Å². The lowest BCUT2D eigenvalue weighted by Gasteiger charge is -2.26. The Kier molecular flexibility index (Phi) is 5.21. The zero-order valence-electron chi connectivity index (χ0n) is 15.5. The number of nitrogens with zero attached hydrogens (tertiary/aromatic N) is 4. The first-order valence-corrected chi connectivity index (χ1v) is 8.79. The lowest BCUT2D eigenvalue weighted by Crippen LogP contribution is -2.42. The molecule has 1 amide bonds. The molecule has 0 aliphatic rings.